The van der Waals surface area contributed by atoms with E-state index in [-0.39, 0.29) is 5.56 Å². The maximum atomic E-state index is 11.0. The van der Waals surface area contributed by atoms with Gasteiger partial charge >= 0.3 is 5.97 Å². The lowest BCUT2D eigenvalue weighted by Gasteiger charge is -2.19. The van der Waals surface area contributed by atoms with E-state index in [2.05, 4.69) is 10.2 Å². The number of aromatic nitrogens is 3. The molecule has 0 amide bonds. The second-order valence-corrected chi connectivity index (χ2v) is 5.57. The lowest BCUT2D eigenvalue weighted by Crippen LogP contribution is -2.12. The molecule has 5 nitrogen and oxygen atoms in total. The van der Waals surface area contributed by atoms with Crippen molar-refractivity contribution in [2.75, 3.05) is 11.5 Å². The van der Waals surface area contributed by atoms with Crippen molar-refractivity contribution in [3.8, 4) is 0 Å². The first-order valence-corrected chi connectivity index (χ1v) is 7.07. The molecule has 0 aromatic carbocycles. The van der Waals surface area contributed by atoms with Gasteiger partial charge < -0.3 is 5.11 Å². The third-order valence-electron chi connectivity index (χ3n) is 3.20. The van der Waals surface area contributed by atoms with Crippen LogP contribution in [-0.4, -0.2) is 37.2 Å². The van der Waals surface area contributed by atoms with Gasteiger partial charge in [0.05, 0.1) is 5.56 Å². The van der Waals surface area contributed by atoms with Crippen molar-refractivity contribution in [3.63, 3.8) is 0 Å². The van der Waals surface area contributed by atoms with Crippen LogP contribution in [0.25, 0.3) is 5.65 Å². The quantitative estimate of drug-likeness (QED) is 0.898. The molecule has 1 aliphatic rings. The van der Waals surface area contributed by atoms with E-state index < -0.39 is 5.97 Å². The molecule has 18 heavy (non-hydrogen) atoms. The first-order chi connectivity index (χ1) is 8.75. The van der Waals surface area contributed by atoms with Crippen LogP contribution in [0.3, 0.4) is 0 Å². The van der Waals surface area contributed by atoms with Gasteiger partial charge in [0, 0.05) is 17.9 Å². The highest BCUT2D eigenvalue weighted by molar-refractivity contribution is 7.99. The van der Waals surface area contributed by atoms with Gasteiger partial charge in [0.25, 0.3) is 0 Å². The van der Waals surface area contributed by atoms with Crippen LogP contribution >= 0.6 is 11.8 Å². The van der Waals surface area contributed by atoms with Gasteiger partial charge in [-0.15, -0.1) is 10.2 Å². The smallest absolute Gasteiger partial charge is 0.337 e. The fraction of sp³-hybridized carbons (Fsp3) is 0.417. The van der Waals surface area contributed by atoms with Gasteiger partial charge in [-0.1, -0.05) is 0 Å². The number of carbonyl (C=O) groups is 1. The Balaban J connectivity index is 2.05. The van der Waals surface area contributed by atoms with E-state index >= 15 is 0 Å². The van der Waals surface area contributed by atoms with E-state index in [0.717, 1.165) is 18.0 Å². The number of aromatic carboxylic acids is 1. The summed E-state index contributed by atoms with van der Waals surface area (Å²) in [6.07, 6.45) is 3.90. The van der Waals surface area contributed by atoms with Crippen molar-refractivity contribution in [3.05, 3.63) is 29.7 Å². The summed E-state index contributed by atoms with van der Waals surface area (Å²) in [5.74, 6) is 2.59. The average molecular weight is 263 g/mol. The van der Waals surface area contributed by atoms with Crippen molar-refractivity contribution < 1.29 is 9.90 Å². The number of carboxylic acid groups (broad SMARTS) is 1. The molecule has 94 valence electrons. The Morgan fingerprint density at radius 3 is 3.06 bits per heavy atom. The summed E-state index contributed by atoms with van der Waals surface area (Å²) < 4.78 is 1.82. The van der Waals surface area contributed by atoms with Crippen molar-refractivity contribution in [1.82, 2.24) is 14.6 Å². The highest BCUT2D eigenvalue weighted by atomic mass is 32.2. The molecule has 3 heterocycles. The van der Waals surface area contributed by atoms with E-state index in [9.17, 15) is 4.79 Å². The molecule has 2 aromatic heterocycles. The predicted octanol–water partition coefficient (Wildman–Crippen LogP) is 2.04. The van der Waals surface area contributed by atoms with E-state index in [4.69, 9.17) is 5.11 Å². The fourth-order valence-corrected chi connectivity index (χ4v) is 3.40. The van der Waals surface area contributed by atoms with Gasteiger partial charge in [0.2, 0.25) is 0 Å². The SMILES string of the molecule is O=C(O)c1ccc2nnc(C3CCCSC3)n2c1. The normalized spacial score (nSPS) is 20.1. The molecule has 1 fully saturated rings. The van der Waals surface area contributed by atoms with Crippen LogP contribution in [0.15, 0.2) is 18.3 Å². The molecule has 0 spiro atoms. The largest absolute Gasteiger partial charge is 0.478 e. The summed E-state index contributed by atoms with van der Waals surface area (Å²) in [7, 11) is 0. The highest BCUT2D eigenvalue weighted by Crippen LogP contribution is 2.30. The Hall–Kier alpha value is -1.56. The van der Waals surface area contributed by atoms with Crippen molar-refractivity contribution in [2.24, 2.45) is 0 Å². The minimum atomic E-state index is -0.922. The highest BCUT2D eigenvalue weighted by Gasteiger charge is 2.21. The van der Waals surface area contributed by atoms with Crippen LogP contribution in [0, 0.1) is 0 Å². The number of hydrogen-bond acceptors (Lipinski definition) is 4. The Morgan fingerprint density at radius 1 is 1.44 bits per heavy atom. The number of rotatable bonds is 2. The van der Waals surface area contributed by atoms with E-state index in [1.165, 1.54) is 12.2 Å². The molecule has 2 aromatic rings. The topological polar surface area (TPSA) is 67.5 Å². The fourth-order valence-electron chi connectivity index (χ4n) is 2.26. The lowest BCUT2D eigenvalue weighted by molar-refractivity contribution is 0.0696. The molecule has 1 aliphatic heterocycles. The van der Waals surface area contributed by atoms with E-state index in [1.807, 2.05) is 16.2 Å². The first-order valence-electron chi connectivity index (χ1n) is 5.91. The van der Waals surface area contributed by atoms with Crippen LogP contribution in [-0.2, 0) is 0 Å². The number of nitrogens with zero attached hydrogens (tertiary/aromatic N) is 3. The van der Waals surface area contributed by atoms with Gasteiger partial charge in [0.15, 0.2) is 5.65 Å². The third-order valence-corrected chi connectivity index (χ3v) is 4.42. The van der Waals surface area contributed by atoms with Crippen LogP contribution in [0.2, 0.25) is 0 Å². The summed E-state index contributed by atoms with van der Waals surface area (Å²) in [6, 6.07) is 3.27. The molecule has 0 bridgehead atoms. The monoisotopic (exact) mass is 263 g/mol. The second-order valence-electron chi connectivity index (χ2n) is 4.42. The number of fused-ring (bicyclic) bond motifs is 1. The van der Waals surface area contributed by atoms with Gasteiger partial charge in [-0.2, -0.15) is 11.8 Å². The Kier molecular flexibility index (Phi) is 2.95. The molecule has 1 saturated heterocycles. The standard InChI is InChI=1S/C12H13N3O2S/c16-12(17)8-3-4-10-13-14-11(15(10)6-8)9-2-1-5-18-7-9/h3-4,6,9H,1-2,5,7H2,(H,16,17). The van der Waals surface area contributed by atoms with Crippen LogP contribution in [0.1, 0.15) is 34.9 Å². The van der Waals surface area contributed by atoms with E-state index in [1.54, 1.807) is 18.3 Å². The molecule has 1 unspecified atom stereocenters. The van der Waals surface area contributed by atoms with E-state index in [0.29, 0.717) is 11.6 Å². The summed E-state index contributed by atoms with van der Waals surface area (Å²) in [5, 5.41) is 17.4. The van der Waals surface area contributed by atoms with Gasteiger partial charge in [-0.3, -0.25) is 4.40 Å². The molecular formula is C12H13N3O2S. The van der Waals surface area contributed by atoms with Crippen LogP contribution < -0.4 is 0 Å². The van der Waals surface area contributed by atoms with Gasteiger partial charge in [-0.05, 0) is 30.7 Å². The van der Waals surface area contributed by atoms with Crippen molar-refractivity contribution in [2.45, 2.75) is 18.8 Å². The lowest BCUT2D eigenvalue weighted by atomic mass is 10.0. The number of hydrogen-bond donors (Lipinski definition) is 1. The molecular weight excluding hydrogens is 250 g/mol. The van der Waals surface area contributed by atoms with Crippen molar-refractivity contribution in [1.29, 1.82) is 0 Å². The number of pyridine rings is 1. The molecule has 1 N–H and O–H groups in total. The summed E-state index contributed by atoms with van der Waals surface area (Å²) >= 11 is 1.92. The summed E-state index contributed by atoms with van der Waals surface area (Å²) in [4.78, 5) is 11.0. The maximum Gasteiger partial charge on any atom is 0.337 e. The molecule has 6 heteroatoms. The number of thioether (sulfide) groups is 1. The molecule has 3 rings (SSSR count). The van der Waals surface area contributed by atoms with Crippen molar-refractivity contribution >= 4 is 23.4 Å². The molecule has 0 saturated carbocycles. The second kappa shape index (κ2) is 4.61. The van der Waals surface area contributed by atoms with Gasteiger partial charge in [0.1, 0.15) is 5.82 Å². The summed E-state index contributed by atoms with van der Waals surface area (Å²) in [6.45, 7) is 0. The minimum Gasteiger partial charge on any atom is -0.478 e. The Bertz CT molecular complexity index is 590. The average Bonchev–Trinajstić information content (AvgIpc) is 2.82. The zero-order valence-corrected chi connectivity index (χ0v) is 10.6. The maximum absolute atomic E-state index is 11.0. The first kappa shape index (κ1) is 11.5. The Labute approximate surface area is 108 Å². The molecule has 0 radical (unpaired) electrons. The number of carboxylic acids is 1. The van der Waals surface area contributed by atoms with Crippen LogP contribution in [0.5, 0.6) is 0 Å². The zero-order valence-electron chi connectivity index (χ0n) is 9.74. The van der Waals surface area contributed by atoms with Crippen LogP contribution in [0.4, 0.5) is 0 Å². The molecule has 0 aliphatic carbocycles. The molecule has 1 atom stereocenters. The minimum absolute atomic E-state index is 0.270. The predicted molar refractivity (Wildman–Crippen MR) is 69.2 cm³/mol. The summed E-state index contributed by atoms with van der Waals surface area (Å²) in [5.41, 5.74) is 0.984. The zero-order chi connectivity index (χ0) is 12.5. The van der Waals surface area contributed by atoms with Gasteiger partial charge in [-0.25, -0.2) is 4.79 Å². The Morgan fingerprint density at radius 2 is 2.33 bits per heavy atom. The third kappa shape index (κ3) is 1.96.